The number of hydrogen-bond donors (Lipinski definition) is 0. The second-order valence-electron chi connectivity index (χ2n) is 0.250. The average molecular weight is 246 g/mol. The minimum atomic E-state index is -2.33. The maximum Gasteiger partial charge on any atom is 1.00 e. The molecule has 0 aliphatic heterocycles. The van der Waals surface area contributed by atoms with E-state index in [4.69, 9.17) is 15.0 Å². The van der Waals surface area contributed by atoms with Gasteiger partial charge < -0.3 is 47.9 Å². The van der Waals surface area contributed by atoms with E-state index in [1.165, 1.54) is 0 Å². The molecule has 0 amide bonds. The van der Waals surface area contributed by atoms with E-state index in [2.05, 4.69) is 0 Å². The van der Waals surface area contributed by atoms with Crippen LogP contribution in [0.15, 0.2) is 0 Å². The summed E-state index contributed by atoms with van der Waals surface area (Å²) >= 11 is 0. The molecular weight excluding hydrogens is 234 g/mol. The summed E-state index contributed by atoms with van der Waals surface area (Å²) in [4.78, 5) is 8.33. The fourth-order valence-electron chi connectivity index (χ4n) is 0. The van der Waals surface area contributed by atoms with Gasteiger partial charge in [0, 0.05) is 0 Å². The van der Waals surface area contributed by atoms with E-state index in [1.807, 2.05) is 0 Å². The van der Waals surface area contributed by atoms with Crippen molar-refractivity contribution < 1.29 is 151 Å². The molecule has 12 heavy (non-hydrogen) atoms. The summed E-state index contributed by atoms with van der Waals surface area (Å²) < 4.78 is 0. The van der Waals surface area contributed by atoms with Crippen LogP contribution in [0.4, 0.5) is 4.79 Å². The average Bonchev–Trinajstić information content (AvgIpc) is 0.811. The first kappa shape index (κ1) is 90.0. The monoisotopic (exact) mass is 246 g/mol. The Bertz CT molecular complexity index is 35.5. The van der Waals surface area contributed by atoms with Gasteiger partial charge >= 0.3 is 103 Å². The van der Waals surface area contributed by atoms with Crippen molar-refractivity contribution in [3.63, 3.8) is 0 Å². The van der Waals surface area contributed by atoms with Crippen molar-refractivity contribution in [2.75, 3.05) is 0 Å². The summed E-state index contributed by atoms with van der Waals surface area (Å²) in [5.74, 6) is 0. The van der Waals surface area contributed by atoms with Crippen LogP contribution in [-0.2, 0) is 0 Å². The Morgan fingerprint density at radius 1 is 0.667 bits per heavy atom. The van der Waals surface area contributed by atoms with Gasteiger partial charge in [0.2, 0.25) is 0 Å². The van der Waals surface area contributed by atoms with Crippen LogP contribution in [0.1, 0.15) is 0 Å². The molecule has 12 N–H and O–H groups in total. The molecule has 0 fully saturated rings. The standard InChI is InChI=1S/CH2O3.2K.6H2O/c2-1(3)4;;;;;;;;/h(H2,2,3,4);;;6*1H2/q;2*+1;;;;;;/p-2. The zero-order chi connectivity index (χ0) is 3.58. The third-order valence-electron chi connectivity index (χ3n) is 0. The molecule has 0 aromatic heterocycles. The molecule has 0 aromatic rings. The molecule has 0 heterocycles. The first-order chi connectivity index (χ1) is 1.73. The predicted molar refractivity (Wildman–Crippen MR) is 27.1 cm³/mol. The van der Waals surface area contributed by atoms with Gasteiger partial charge in [0.05, 0.1) is 0 Å². The minimum absolute atomic E-state index is 0. The summed E-state index contributed by atoms with van der Waals surface area (Å²) in [7, 11) is 0. The Kier molecular flexibility index (Phi) is 537. The Labute approximate surface area is 153 Å². The van der Waals surface area contributed by atoms with Crippen LogP contribution in [0.3, 0.4) is 0 Å². The number of carboxylic acid groups (broad SMARTS) is 2. The maximum atomic E-state index is 8.33. The van der Waals surface area contributed by atoms with Crippen LogP contribution in [0, 0.1) is 0 Å². The molecule has 11 heteroatoms. The van der Waals surface area contributed by atoms with Gasteiger partial charge in [-0.3, -0.25) is 0 Å². The Morgan fingerprint density at radius 2 is 0.667 bits per heavy atom. The summed E-state index contributed by atoms with van der Waals surface area (Å²) in [6.07, 6.45) is -2.33. The van der Waals surface area contributed by atoms with Crippen molar-refractivity contribution in [1.82, 2.24) is 0 Å². The molecule has 0 spiro atoms. The second-order valence-corrected chi connectivity index (χ2v) is 0.250. The summed E-state index contributed by atoms with van der Waals surface area (Å²) in [6.45, 7) is 0. The third kappa shape index (κ3) is 296. The van der Waals surface area contributed by atoms with Crippen LogP contribution in [0.2, 0.25) is 0 Å². The van der Waals surface area contributed by atoms with Gasteiger partial charge in [-0.2, -0.15) is 0 Å². The molecule has 0 saturated heterocycles. The van der Waals surface area contributed by atoms with Crippen molar-refractivity contribution >= 4 is 6.16 Å². The normalized spacial score (nSPS) is 2.00. The first-order valence-electron chi connectivity index (χ1n) is 0.612. The van der Waals surface area contributed by atoms with Crippen LogP contribution >= 0.6 is 0 Å². The van der Waals surface area contributed by atoms with Gasteiger partial charge in [-0.15, -0.1) is 0 Å². The summed E-state index contributed by atoms with van der Waals surface area (Å²) in [5.41, 5.74) is 0. The molecule has 0 rings (SSSR count). The van der Waals surface area contributed by atoms with Gasteiger partial charge in [-0.25, -0.2) is 0 Å². The molecule has 9 nitrogen and oxygen atoms in total. The van der Waals surface area contributed by atoms with Crippen molar-refractivity contribution in [2.24, 2.45) is 0 Å². The van der Waals surface area contributed by atoms with Gasteiger partial charge in [-0.1, -0.05) is 0 Å². The van der Waals surface area contributed by atoms with Gasteiger partial charge in [0.15, 0.2) is 0 Å². The summed E-state index contributed by atoms with van der Waals surface area (Å²) in [6, 6.07) is 0. The van der Waals surface area contributed by atoms with Gasteiger partial charge in [0.1, 0.15) is 0 Å². The van der Waals surface area contributed by atoms with E-state index in [0.717, 1.165) is 0 Å². The quantitative estimate of drug-likeness (QED) is 0.377. The van der Waals surface area contributed by atoms with Crippen molar-refractivity contribution in [2.45, 2.75) is 0 Å². The largest absolute Gasteiger partial charge is 1.00 e. The molecular formula is CH12K2O9. The van der Waals surface area contributed by atoms with Crippen LogP contribution < -0.4 is 113 Å². The minimum Gasteiger partial charge on any atom is -0.652 e. The van der Waals surface area contributed by atoms with E-state index < -0.39 is 6.16 Å². The Balaban J connectivity index is -0.00000000161. The third-order valence-corrected chi connectivity index (χ3v) is 0. The van der Waals surface area contributed by atoms with E-state index in [1.54, 1.807) is 0 Å². The number of hydrogen-bond acceptors (Lipinski definition) is 3. The van der Waals surface area contributed by atoms with Gasteiger partial charge in [-0.05, 0) is 6.16 Å². The number of rotatable bonds is 0. The molecule has 0 aliphatic rings. The Morgan fingerprint density at radius 3 is 0.667 bits per heavy atom. The maximum absolute atomic E-state index is 8.33. The van der Waals surface area contributed by atoms with Crippen LogP contribution in [0.25, 0.3) is 0 Å². The molecule has 0 aromatic carbocycles. The Hall–Kier alpha value is 2.30. The molecule has 0 saturated carbocycles. The van der Waals surface area contributed by atoms with E-state index in [0.29, 0.717) is 0 Å². The molecule has 0 unspecified atom stereocenters. The zero-order valence-corrected chi connectivity index (χ0v) is 13.0. The zero-order valence-electron chi connectivity index (χ0n) is 6.72. The second kappa shape index (κ2) is 71.6. The van der Waals surface area contributed by atoms with E-state index in [9.17, 15) is 0 Å². The SMILES string of the molecule is O.O.O.O.O.O.O=C([O-])[O-].[K+].[K+]. The van der Waals surface area contributed by atoms with Crippen LogP contribution in [0.5, 0.6) is 0 Å². The molecule has 0 aliphatic carbocycles. The molecule has 0 bridgehead atoms. The first-order valence-corrected chi connectivity index (χ1v) is 0.612. The van der Waals surface area contributed by atoms with Crippen molar-refractivity contribution in [3.8, 4) is 0 Å². The molecule has 72 valence electrons. The van der Waals surface area contributed by atoms with Gasteiger partial charge in [0.25, 0.3) is 0 Å². The number of carbonyl (C=O) groups excluding carboxylic acids is 1. The van der Waals surface area contributed by atoms with Crippen LogP contribution in [-0.4, -0.2) is 39.0 Å². The fourth-order valence-corrected chi connectivity index (χ4v) is 0. The van der Waals surface area contributed by atoms with Crippen molar-refractivity contribution in [1.29, 1.82) is 0 Å². The fraction of sp³-hybridized carbons (Fsp3) is 0. The smallest absolute Gasteiger partial charge is 0.652 e. The predicted octanol–water partition coefficient (Wildman–Crippen LogP) is -13.4. The summed E-state index contributed by atoms with van der Waals surface area (Å²) in [5, 5.41) is 16.7. The van der Waals surface area contributed by atoms with E-state index >= 15 is 0 Å². The molecule has 0 radical (unpaired) electrons. The molecule has 0 atom stereocenters. The van der Waals surface area contributed by atoms with E-state index in [-0.39, 0.29) is 136 Å². The topological polar surface area (TPSA) is 252 Å². The number of carbonyl (C=O) groups is 1. The van der Waals surface area contributed by atoms with Crippen molar-refractivity contribution in [3.05, 3.63) is 0 Å².